The molecule has 3 rings (SSSR count). The number of rotatable bonds is 11. The Hall–Kier alpha value is -3.09. The molecule has 0 radical (unpaired) electrons. The van der Waals surface area contributed by atoms with Crippen LogP contribution in [0.1, 0.15) is 47.6 Å². The molecule has 0 aromatic heterocycles. The Morgan fingerprint density at radius 1 is 0.886 bits per heavy atom. The zero-order chi connectivity index (χ0) is 25.4. The lowest BCUT2D eigenvalue weighted by Gasteiger charge is -2.25. The highest BCUT2D eigenvalue weighted by Gasteiger charge is 2.22. The maximum absolute atomic E-state index is 13.7. The van der Waals surface area contributed by atoms with E-state index < -0.39 is 23.8 Å². The molecule has 6 heteroatoms. The average Bonchev–Trinajstić information content (AvgIpc) is 2.79. The molecule has 0 saturated heterocycles. The molecule has 4 nitrogen and oxygen atoms in total. The van der Waals surface area contributed by atoms with Crippen molar-refractivity contribution >= 4 is 5.91 Å². The lowest BCUT2D eigenvalue weighted by Crippen LogP contribution is -2.49. The number of carbonyl (C=O) groups is 1. The van der Waals surface area contributed by atoms with Crippen LogP contribution in [-0.4, -0.2) is 29.7 Å². The number of benzene rings is 3. The number of aliphatic hydroxyl groups is 1. The van der Waals surface area contributed by atoms with Gasteiger partial charge in [-0.2, -0.15) is 0 Å². The molecule has 2 atom stereocenters. The van der Waals surface area contributed by atoms with E-state index in [0.717, 1.165) is 22.8 Å². The first-order valence-electron chi connectivity index (χ1n) is 12.0. The van der Waals surface area contributed by atoms with E-state index in [0.29, 0.717) is 18.0 Å². The highest BCUT2D eigenvalue weighted by Crippen LogP contribution is 2.16. The highest BCUT2D eigenvalue weighted by molar-refractivity contribution is 5.79. The number of carbonyl (C=O) groups excluding carboxylic acids is 1. The summed E-state index contributed by atoms with van der Waals surface area (Å²) < 4.78 is 27.5. The molecule has 3 N–H and O–H groups in total. The lowest BCUT2D eigenvalue weighted by atomic mass is 9.99. The van der Waals surface area contributed by atoms with Crippen molar-refractivity contribution < 1.29 is 18.7 Å². The minimum Gasteiger partial charge on any atom is -0.390 e. The van der Waals surface area contributed by atoms with Crippen LogP contribution >= 0.6 is 0 Å². The molecule has 3 aromatic rings. The van der Waals surface area contributed by atoms with Gasteiger partial charge in [0.05, 0.1) is 18.6 Å². The number of aliphatic hydroxyl groups excluding tert-OH is 1. The molecule has 3 aromatic carbocycles. The highest BCUT2D eigenvalue weighted by atomic mass is 19.1. The van der Waals surface area contributed by atoms with Crippen LogP contribution in [0.15, 0.2) is 66.7 Å². The maximum atomic E-state index is 13.7. The first-order valence-corrected chi connectivity index (χ1v) is 12.0. The van der Waals surface area contributed by atoms with Crippen LogP contribution in [0.3, 0.4) is 0 Å². The zero-order valence-electron chi connectivity index (χ0n) is 20.5. The quantitative estimate of drug-likeness (QED) is 0.369. The van der Waals surface area contributed by atoms with E-state index in [2.05, 4.69) is 24.5 Å². The predicted molar refractivity (Wildman–Crippen MR) is 135 cm³/mol. The first kappa shape index (κ1) is 26.5. The molecule has 0 fully saturated rings. The van der Waals surface area contributed by atoms with Gasteiger partial charge in [-0.25, -0.2) is 8.78 Å². The second-order valence-corrected chi connectivity index (χ2v) is 9.41. The van der Waals surface area contributed by atoms with Crippen molar-refractivity contribution in [1.82, 2.24) is 10.6 Å². The van der Waals surface area contributed by atoms with Crippen molar-refractivity contribution in [1.29, 1.82) is 0 Å². The lowest BCUT2D eigenvalue weighted by molar-refractivity contribution is -0.122. The van der Waals surface area contributed by atoms with Crippen LogP contribution in [0.2, 0.25) is 0 Å². The van der Waals surface area contributed by atoms with Crippen molar-refractivity contribution in [2.75, 3.05) is 6.54 Å². The van der Waals surface area contributed by atoms with E-state index in [1.54, 1.807) is 0 Å². The van der Waals surface area contributed by atoms with E-state index in [9.17, 15) is 18.7 Å². The molecule has 0 spiro atoms. The number of halogens is 2. The number of hydrogen-bond donors (Lipinski definition) is 3. The minimum atomic E-state index is -0.959. The Morgan fingerprint density at radius 3 is 2.09 bits per heavy atom. The summed E-state index contributed by atoms with van der Waals surface area (Å²) in [7, 11) is 0. The van der Waals surface area contributed by atoms with Crippen LogP contribution in [-0.2, 0) is 24.2 Å². The molecular weight excluding hydrogens is 446 g/mol. The first-order chi connectivity index (χ1) is 16.7. The van der Waals surface area contributed by atoms with Gasteiger partial charge in [0.25, 0.3) is 0 Å². The van der Waals surface area contributed by atoms with Crippen molar-refractivity contribution in [2.24, 2.45) is 0 Å². The molecule has 0 aliphatic heterocycles. The third-order valence-corrected chi connectivity index (χ3v) is 6.00. The Labute approximate surface area is 206 Å². The summed E-state index contributed by atoms with van der Waals surface area (Å²) in [6, 6.07) is 18.4. The summed E-state index contributed by atoms with van der Waals surface area (Å²) in [4.78, 5) is 12.8. The Balaban J connectivity index is 1.65. The van der Waals surface area contributed by atoms with Gasteiger partial charge in [0, 0.05) is 19.2 Å². The van der Waals surface area contributed by atoms with Gasteiger partial charge in [-0.05, 0) is 53.6 Å². The van der Waals surface area contributed by atoms with Gasteiger partial charge >= 0.3 is 0 Å². The van der Waals surface area contributed by atoms with Gasteiger partial charge < -0.3 is 15.7 Å². The molecule has 0 aliphatic rings. The standard InChI is InChI=1S/C29H34F2N2O2/c1-19(2)24-10-8-21(9-11-24)15-29(35)33-27(14-23-12-25(30)16-26(31)13-23)28(34)18-32-17-22-6-4-20(3)5-7-22/h4-13,16,19,27-28,32,34H,14-15,17-18H2,1-3H3,(H,33,35). The van der Waals surface area contributed by atoms with Crippen LogP contribution in [0, 0.1) is 18.6 Å². The fourth-order valence-electron chi connectivity index (χ4n) is 3.94. The van der Waals surface area contributed by atoms with Crippen molar-refractivity contribution in [3.05, 3.63) is 106 Å². The smallest absolute Gasteiger partial charge is 0.224 e. The largest absolute Gasteiger partial charge is 0.390 e. The summed E-state index contributed by atoms with van der Waals surface area (Å²) in [5.74, 6) is -1.25. The van der Waals surface area contributed by atoms with Crippen LogP contribution in [0.25, 0.3) is 0 Å². The number of hydrogen-bond acceptors (Lipinski definition) is 3. The third kappa shape index (κ3) is 8.57. The van der Waals surface area contributed by atoms with Crippen molar-refractivity contribution in [3.63, 3.8) is 0 Å². The Morgan fingerprint density at radius 2 is 1.49 bits per heavy atom. The van der Waals surface area contributed by atoms with Crippen molar-refractivity contribution in [3.8, 4) is 0 Å². The number of aryl methyl sites for hydroxylation is 1. The second kappa shape index (κ2) is 12.6. The molecule has 1 amide bonds. The second-order valence-electron chi connectivity index (χ2n) is 9.41. The topological polar surface area (TPSA) is 61.4 Å². The molecular formula is C29H34F2N2O2. The average molecular weight is 481 g/mol. The SMILES string of the molecule is Cc1ccc(CNCC(O)C(Cc2cc(F)cc(F)c2)NC(=O)Cc2ccc(C(C)C)cc2)cc1. The molecule has 0 bridgehead atoms. The summed E-state index contributed by atoms with van der Waals surface area (Å²) >= 11 is 0. The Kier molecular flexibility index (Phi) is 9.52. The monoisotopic (exact) mass is 480 g/mol. The normalized spacial score (nSPS) is 13.0. The van der Waals surface area contributed by atoms with E-state index in [1.165, 1.54) is 17.7 Å². The fourth-order valence-corrected chi connectivity index (χ4v) is 3.94. The third-order valence-electron chi connectivity index (χ3n) is 6.00. The number of amides is 1. The van der Waals surface area contributed by atoms with Gasteiger partial charge in [0.2, 0.25) is 5.91 Å². The predicted octanol–water partition coefficient (Wildman–Crippen LogP) is 4.82. The molecule has 186 valence electrons. The van der Waals surface area contributed by atoms with E-state index >= 15 is 0 Å². The van der Waals surface area contributed by atoms with Gasteiger partial charge in [-0.15, -0.1) is 0 Å². The van der Waals surface area contributed by atoms with Gasteiger partial charge in [-0.1, -0.05) is 67.9 Å². The van der Waals surface area contributed by atoms with E-state index in [1.807, 2.05) is 55.5 Å². The maximum Gasteiger partial charge on any atom is 0.224 e. The van der Waals surface area contributed by atoms with Gasteiger partial charge in [0.1, 0.15) is 11.6 Å². The summed E-state index contributed by atoms with van der Waals surface area (Å²) in [6.45, 7) is 6.99. The fraction of sp³-hybridized carbons (Fsp3) is 0.345. The summed E-state index contributed by atoms with van der Waals surface area (Å²) in [5, 5.41) is 17.0. The Bertz CT molecular complexity index is 1080. The number of nitrogens with one attached hydrogen (secondary N) is 2. The van der Waals surface area contributed by atoms with E-state index in [-0.39, 0.29) is 25.3 Å². The van der Waals surface area contributed by atoms with Gasteiger partial charge in [0.15, 0.2) is 0 Å². The minimum absolute atomic E-state index is 0.0973. The van der Waals surface area contributed by atoms with Crippen molar-refractivity contribution in [2.45, 2.75) is 58.2 Å². The van der Waals surface area contributed by atoms with Crippen LogP contribution in [0.5, 0.6) is 0 Å². The van der Waals surface area contributed by atoms with Gasteiger partial charge in [-0.3, -0.25) is 4.79 Å². The zero-order valence-corrected chi connectivity index (χ0v) is 20.5. The molecule has 35 heavy (non-hydrogen) atoms. The molecule has 2 unspecified atom stereocenters. The van der Waals surface area contributed by atoms with Crippen LogP contribution < -0.4 is 10.6 Å². The molecule has 0 heterocycles. The summed E-state index contributed by atoms with van der Waals surface area (Å²) in [5.41, 5.74) is 4.65. The molecule has 0 aliphatic carbocycles. The van der Waals surface area contributed by atoms with Crippen LogP contribution in [0.4, 0.5) is 8.78 Å². The summed E-state index contributed by atoms with van der Waals surface area (Å²) in [6.07, 6.45) is -0.713. The van der Waals surface area contributed by atoms with E-state index in [4.69, 9.17) is 0 Å². The molecule has 0 saturated carbocycles.